The van der Waals surface area contributed by atoms with E-state index < -0.39 is 0 Å². The Morgan fingerprint density at radius 1 is 1.47 bits per heavy atom. The quantitative estimate of drug-likeness (QED) is 0.826. The topological polar surface area (TPSA) is 58.4 Å². The first kappa shape index (κ1) is 14.0. The molecule has 0 heterocycles. The minimum Gasteiger partial charge on any atom is -0.353 e. The summed E-state index contributed by atoms with van der Waals surface area (Å²) >= 11 is 6.15. The molecule has 0 aliphatic rings. The zero-order valence-corrected chi connectivity index (χ0v) is 10.9. The van der Waals surface area contributed by atoms with Crippen molar-refractivity contribution in [3.05, 3.63) is 34.9 Å². The number of carbonyl (C=O) groups is 1. The molecule has 1 amide bonds. The maximum atomic E-state index is 11.2. The van der Waals surface area contributed by atoms with Crippen LogP contribution in [-0.4, -0.2) is 38.0 Å². The summed E-state index contributed by atoms with van der Waals surface area (Å²) in [4.78, 5) is 13.2. The molecule has 0 aliphatic carbocycles. The Kier molecular flexibility index (Phi) is 5.41. The van der Waals surface area contributed by atoms with Crippen molar-refractivity contribution in [2.75, 3.05) is 27.2 Å². The highest BCUT2D eigenvalue weighted by Crippen LogP contribution is 2.25. The Labute approximate surface area is 107 Å². The molecule has 3 N–H and O–H groups in total. The minimum absolute atomic E-state index is 0.00265. The van der Waals surface area contributed by atoms with Crippen LogP contribution >= 0.6 is 11.6 Å². The smallest absolute Gasteiger partial charge is 0.233 e. The molecule has 1 aromatic rings. The predicted octanol–water partition coefficient (Wildman–Crippen LogP) is 1.02. The largest absolute Gasteiger partial charge is 0.353 e. The molecule has 1 aromatic carbocycles. The monoisotopic (exact) mass is 255 g/mol. The van der Waals surface area contributed by atoms with Gasteiger partial charge in [0.25, 0.3) is 0 Å². The third-order valence-electron chi connectivity index (χ3n) is 2.57. The minimum atomic E-state index is -0.163. The van der Waals surface area contributed by atoms with E-state index in [1.54, 1.807) is 0 Å². The van der Waals surface area contributed by atoms with Crippen molar-refractivity contribution in [1.29, 1.82) is 0 Å². The first-order valence-corrected chi connectivity index (χ1v) is 5.81. The molecular formula is C12H18ClN3O. The van der Waals surface area contributed by atoms with Crippen molar-refractivity contribution in [2.45, 2.75) is 6.04 Å². The van der Waals surface area contributed by atoms with Crippen LogP contribution in [0.1, 0.15) is 11.6 Å². The Balaban J connectivity index is 2.80. The van der Waals surface area contributed by atoms with Crippen molar-refractivity contribution in [3.63, 3.8) is 0 Å². The van der Waals surface area contributed by atoms with Gasteiger partial charge in [-0.1, -0.05) is 29.8 Å². The summed E-state index contributed by atoms with van der Waals surface area (Å²) in [7, 11) is 3.89. The molecule has 0 spiro atoms. The summed E-state index contributed by atoms with van der Waals surface area (Å²) in [6, 6.07) is 7.67. The van der Waals surface area contributed by atoms with Crippen LogP contribution in [0.5, 0.6) is 0 Å². The van der Waals surface area contributed by atoms with E-state index >= 15 is 0 Å². The zero-order chi connectivity index (χ0) is 12.8. The lowest BCUT2D eigenvalue weighted by molar-refractivity contribution is -0.119. The molecule has 1 atom stereocenters. The normalized spacial score (nSPS) is 12.5. The van der Waals surface area contributed by atoms with Gasteiger partial charge in [0.05, 0.1) is 12.6 Å². The molecule has 0 saturated heterocycles. The van der Waals surface area contributed by atoms with E-state index in [0.29, 0.717) is 11.6 Å². The first-order valence-electron chi connectivity index (χ1n) is 5.44. The van der Waals surface area contributed by atoms with Crippen molar-refractivity contribution in [1.82, 2.24) is 10.2 Å². The number of rotatable bonds is 5. The van der Waals surface area contributed by atoms with E-state index in [9.17, 15) is 4.79 Å². The number of nitrogens with zero attached hydrogens (tertiary/aromatic N) is 1. The van der Waals surface area contributed by atoms with Crippen LogP contribution in [0, 0.1) is 0 Å². The summed E-state index contributed by atoms with van der Waals surface area (Å²) in [6.07, 6.45) is 0. The fourth-order valence-corrected chi connectivity index (χ4v) is 1.86. The van der Waals surface area contributed by atoms with Gasteiger partial charge in [0.2, 0.25) is 5.91 Å². The second kappa shape index (κ2) is 6.59. The molecule has 0 radical (unpaired) electrons. The van der Waals surface area contributed by atoms with Crippen LogP contribution in [0.25, 0.3) is 0 Å². The van der Waals surface area contributed by atoms with E-state index in [0.717, 1.165) is 5.56 Å². The molecule has 1 rings (SSSR count). The van der Waals surface area contributed by atoms with E-state index in [-0.39, 0.29) is 18.5 Å². The van der Waals surface area contributed by atoms with Gasteiger partial charge in [-0.3, -0.25) is 4.79 Å². The maximum absolute atomic E-state index is 11.2. The fraction of sp³-hybridized carbons (Fsp3) is 0.417. The van der Waals surface area contributed by atoms with Gasteiger partial charge >= 0.3 is 0 Å². The molecule has 5 heteroatoms. The van der Waals surface area contributed by atoms with Crippen LogP contribution in [0.4, 0.5) is 0 Å². The van der Waals surface area contributed by atoms with Gasteiger partial charge in [-0.2, -0.15) is 0 Å². The van der Waals surface area contributed by atoms with Gasteiger partial charge < -0.3 is 16.0 Å². The van der Waals surface area contributed by atoms with Crippen molar-refractivity contribution < 1.29 is 4.79 Å². The molecular weight excluding hydrogens is 238 g/mol. The van der Waals surface area contributed by atoms with Crippen LogP contribution in [-0.2, 0) is 4.79 Å². The van der Waals surface area contributed by atoms with Gasteiger partial charge in [-0.05, 0) is 25.7 Å². The van der Waals surface area contributed by atoms with Gasteiger partial charge in [-0.15, -0.1) is 0 Å². The number of likely N-dealkylation sites (N-methyl/N-ethyl adjacent to an activating group) is 1. The first-order chi connectivity index (χ1) is 8.06. The standard InChI is InChI=1S/C12H18ClN3O/c1-16(2)11(8-15-12(17)7-14)9-5-3-4-6-10(9)13/h3-6,11H,7-8,14H2,1-2H3,(H,15,17). The maximum Gasteiger partial charge on any atom is 0.233 e. The lowest BCUT2D eigenvalue weighted by Crippen LogP contribution is -2.37. The summed E-state index contributed by atoms with van der Waals surface area (Å²) in [5, 5.41) is 3.48. The SMILES string of the molecule is CN(C)C(CNC(=O)CN)c1ccccc1Cl. The third-order valence-corrected chi connectivity index (χ3v) is 2.91. The molecule has 0 aliphatic heterocycles. The predicted molar refractivity (Wildman–Crippen MR) is 69.9 cm³/mol. The van der Waals surface area contributed by atoms with Gasteiger partial charge in [0.15, 0.2) is 0 Å². The highest BCUT2D eigenvalue weighted by Gasteiger charge is 2.17. The summed E-state index contributed by atoms with van der Waals surface area (Å²) in [6.45, 7) is 0.495. The lowest BCUT2D eigenvalue weighted by Gasteiger charge is -2.25. The number of carbonyl (C=O) groups excluding carboxylic acids is 1. The fourth-order valence-electron chi connectivity index (χ4n) is 1.60. The number of hydrogen-bond acceptors (Lipinski definition) is 3. The van der Waals surface area contributed by atoms with Gasteiger partial charge in [0.1, 0.15) is 0 Å². The molecule has 17 heavy (non-hydrogen) atoms. The Hall–Kier alpha value is -1.10. The van der Waals surface area contributed by atoms with Crippen molar-refractivity contribution in [2.24, 2.45) is 5.73 Å². The van der Waals surface area contributed by atoms with Crippen molar-refractivity contribution in [3.8, 4) is 0 Å². The summed E-state index contributed by atoms with van der Waals surface area (Å²) in [5.74, 6) is -0.163. The van der Waals surface area contributed by atoms with Crippen LogP contribution in [0.3, 0.4) is 0 Å². The van der Waals surface area contributed by atoms with Crippen molar-refractivity contribution >= 4 is 17.5 Å². The molecule has 4 nitrogen and oxygen atoms in total. The second-order valence-electron chi connectivity index (χ2n) is 4.01. The van der Waals surface area contributed by atoms with E-state index in [4.69, 9.17) is 17.3 Å². The number of hydrogen-bond donors (Lipinski definition) is 2. The van der Waals surface area contributed by atoms with Gasteiger partial charge in [-0.25, -0.2) is 0 Å². The second-order valence-corrected chi connectivity index (χ2v) is 4.42. The molecule has 0 saturated carbocycles. The number of nitrogens with two attached hydrogens (primary N) is 1. The third kappa shape index (κ3) is 4.00. The van der Waals surface area contributed by atoms with Crippen LogP contribution < -0.4 is 11.1 Å². The molecule has 94 valence electrons. The zero-order valence-electron chi connectivity index (χ0n) is 10.1. The molecule has 0 fully saturated rings. The van der Waals surface area contributed by atoms with Crippen LogP contribution in [0.2, 0.25) is 5.02 Å². The average Bonchev–Trinajstić information content (AvgIpc) is 2.30. The molecule has 0 aromatic heterocycles. The number of nitrogens with one attached hydrogen (secondary N) is 1. The number of benzene rings is 1. The van der Waals surface area contributed by atoms with E-state index in [1.165, 1.54) is 0 Å². The average molecular weight is 256 g/mol. The highest BCUT2D eigenvalue weighted by molar-refractivity contribution is 6.31. The van der Waals surface area contributed by atoms with E-state index in [2.05, 4.69) is 5.32 Å². The summed E-state index contributed by atoms with van der Waals surface area (Å²) in [5.41, 5.74) is 6.25. The Morgan fingerprint density at radius 3 is 2.65 bits per heavy atom. The highest BCUT2D eigenvalue weighted by atomic mass is 35.5. The van der Waals surface area contributed by atoms with E-state index in [1.807, 2.05) is 43.3 Å². The Morgan fingerprint density at radius 2 is 2.12 bits per heavy atom. The number of halogens is 1. The Bertz CT molecular complexity index is 382. The summed E-state index contributed by atoms with van der Waals surface area (Å²) < 4.78 is 0. The van der Waals surface area contributed by atoms with Gasteiger partial charge in [0, 0.05) is 11.6 Å². The molecule has 1 unspecified atom stereocenters. The molecule has 0 bridgehead atoms. The van der Waals surface area contributed by atoms with Crippen LogP contribution in [0.15, 0.2) is 24.3 Å². The number of amides is 1. The lowest BCUT2D eigenvalue weighted by atomic mass is 10.1.